The lowest BCUT2D eigenvalue weighted by atomic mass is 10.1. The summed E-state index contributed by atoms with van der Waals surface area (Å²) >= 11 is 24.2. The molecule has 0 unspecified atom stereocenters. The Bertz CT molecular complexity index is 1690. The Hall–Kier alpha value is -2.40. The predicted molar refractivity (Wildman–Crippen MR) is 140 cm³/mol. The average molecular weight is 592 g/mol. The molecule has 0 aromatic heterocycles. The number of phenols is 1. The van der Waals surface area contributed by atoms with Crippen molar-refractivity contribution in [3.63, 3.8) is 0 Å². The largest absolute Gasteiger partial charge is 0.508 e. The zero-order valence-corrected chi connectivity index (χ0v) is 21.9. The van der Waals surface area contributed by atoms with E-state index in [2.05, 4.69) is 9.44 Å². The van der Waals surface area contributed by atoms with Gasteiger partial charge < -0.3 is 5.11 Å². The molecule has 0 radical (unpaired) electrons. The zero-order valence-electron chi connectivity index (χ0n) is 17.3. The van der Waals surface area contributed by atoms with Gasteiger partial charge in [0.05, 0.1) is 41.3 Å². The molecular weight excluding hydrogens is 578 g/mol. The summed E-state index contributed by atoms with van der Waals surface area (Å²) in [5.74, 6) is -0.214. The first kappa shape index (κ1) is 25.7. The molecule has 0 aliphatic carbocycles. The van der Waals surface area contributed by atoms with Crippen LogP contribution >= 0.6 is 46.4 Å². The minimum Gasteiger partial charge on any atom is -0.508 e. The number of benzene rings is 4. The second kappa shape index (κ2) is 9.57. The van der Waals surface area contributed by atoms with Crippen molar-refractivity contribution in [1.29, 1.82) is 0 Å². The lowest BCUT2D eigenvalue weighted by Gasteiger charge is -2.15. The lowest BCUT2D eigenvalue weighted by molar-refractivity contribution is 0.476. The van der Waals surface area contributed by atoms with Gasteiger partial charge in [-0.05, 0) is 53.9 Å². The molecule has 0 aliphatic heterocycles. The molecular formula is C22H14Cl4N2O5S2. The molecule has 0 spiro atoms. The van der Waals surface area contributed by atoms with E-state index < -0.39 is 24.9 Å². The Morgan fingerprint density at radius 1 is 0.657 bits per heavy atom. The summed E-state index contributed by atoms with van der Waals surface area (Å²) in [6, 6.07) is 14.9. The Labute approximate surface area is 221 Å². The third kappa shape index (κ3) is 5.25. The minimum atomic E-state index is -4.41. The highest BCUT2D eigenvalue weighted by Crippen LogP contribution is 2.36. The van der Waals surface area contributed by atoms with Gasteiger partial charge in [-0.25, -0.2) is 16.8 Å². The second-order valence-electron chi connectivity index (χ2n) is 7.24. The summed E-state index contributed by atoms with van der Waals surface area (Å²) < 4.78 is 57.8. The van der Waals surface area contributed by atoms with Gasteiger partial charge in [0.2, 0.25) is 0 Å². The average Bonchev–Trinajstić information content (AvgIpc) is 2.79. The molecule has 4 aromatic rings. The molecule has 0 bridgehead atoms. The van der Waals surface area contributed by atoms with Crippen molar-refractivity contribution < 1.29 is 21.9 Å². The summed E-state index contributed by atoms with van der Waals surface area (Å²) in [4.78, 5) is -0.788. The Morgan fingerprint density at radius 2 is 1.20 bits per heavy atom. The molecule has 0 saturated heterocycles. The van der Waals surface area contributed by atoms with Crippen LogP contribution in [0.15, 0.2) is 76.5 Å². The van der Waals surface area contributed by atoms with Crippen molar-refractivity contribution in [2.45, 2.75) is 9.79 Å². The Balaban J connectivity index is 1.88. The van der Waals surface area contributed by atoms with E-state index in [-0.39, 0.29) is 52.9 Å². The van der Waals surface area contributed by atoms with Gasteiger partial charge in [0.25, 0.3) is 20.0 Å². The monoisotopic (exact) mass is 590 g/mol. The SMILES string of the molecule is O=S(=O)(Nc1cccc(Cl)c1Cl)c1cc(S(=O)(=O)Nc2cccc(Cl)c2Cl)c2cc(O)ccc2c1. The topological polar surface area (TPSA) is 113 Å². The highest BCUT2D eigenvalue weighted by atomic mass is 35.5. The van der Waals surface area contributed by atoms with E-state index in [1.54, 1.807) is 0 Å². The van der Waals surface area contributed by atoms with E-state index in [4.69, 9.17) is 46.4 Å². The molecule has 7 nitrogen and oxygen atoms in total. The van der Waals surface area contributed by atoms with Gasteiger partial charge in [0.15, 0.2) is 0 Å². The molecule has 4 rings (SSSR count). The van der Waals surface area contributed by atoms with Crippen molar-refractivity contribution >= 4 is 88.6 Å². The van der Waals surface area contributed by atoms with E-state index >= 15 is 0 Å². The maximum atomic E-state index is 13.4. The Kier molecular flexibility index (Phi) is 7.02. The smallest absolute Gasteiger partial charge is 0.262 e. The van der Waals surface area contributed by atoms with Crippen LogP contribution in [0, 0.1) is 0 Å². The van der Waals surface area contributed by atoms with Gasteiger partial charge in [-0.3, -0.25) is 9.44 Å². The molecule has 0 saturated carbocycles. The number of halogens is 4. The van der Waals surface area contributed by atoms with E-state index in [0.717, 1.165) is 6.07 Å². The standard InChI is InChI=1S/C22H14Cl4N2O5S2/c23-16-3-1-5-18(21(16)25)27-34(30,31)14-9-12-7-8-13(29)10-15(12)20(11-14)35(32,33)28-19-6-2-4-17(24)22(19)26/h1-11,27-29H. The van der Waals surface area contributed by atoms with E-state index in [1.807, 2.05) is 0 Å². The molecule has 3 N–H and O–H groups in total. The summed E-state index contributed by atoms with van der Waals surface area (Å²) in [5.41, 5.74) is 0.00257. The second-order valence-corrected chi connectivity index (χ2v) is 12.1. The van der Waals surface area contributed by atoms with Crippen molar-refractivity contribution in [3.05, 3.63) is 86.8 Å². The van der Waals surface area contributed by atoms with Crippen molar-refractivity contribution in [2.75, 3.05) is 9.44 Å². The van der Waals surface area contributed by atoms with Crippen LogP contribution in [0.2, 0.25) is 20.1 Å². The maximum Gasteiger partial charge on any atom is 0.262 e. The molecule has 0 atom stereocenters. The van der Waals surface area contributed by atoms with Crippen molar-refractivity contribution in [2.24, 2.45) is 0 Å². The molecule has 0 heterocycles. The summed E-state index contributed by atoms with van der Waals surface area (Å²) in [5, 5.41) is 10.5. The first-order valence-corrected chi connectivity index (χ1v) is 14.1. The highest BCUT2D eigenvalue weighted by Gasteiger charge is 2.25. The third-order valence-electron chi connectivity index (χ3n) is 4.87. The first-order chi connectivity index (χ1) is 16.4. The first-order valence-electron chi connectivity index (χ1n) is 9.59. The van der Waals surface area contributed by atoms with E-state index in [0.29, 0.717) is 0 Å². The minimum absolute atomic E-state index is 0.00966. The lowest BCUT2D eigenvalue weighted by Crippen LogP contribution is -2.17. The number of anilines is 2. The van der Waals surface area contributed by atoms with Crippen LogP contribution < -0.4 is 9.44 Å². The molecule has 0 aliphatic rings. The molecule has 0 fully saturated rings. The zero-order chi connectivity index (χ0) is 25.5. The predicted octanol–water partition coefficient (Wildman–Crippen LogP) is 6.76. The number of sulfonamides is 2. The molecule has 0 amide bonds. The quantitative estimate of drug-likeness (QED) is 0.229. The number of rotatable bonds is 6. The molecule has 182 valence electrons. The molecule has 4 aromatic carbocycles. The highest BCUT2D eigenvalue weighted by molar-refractivity contribution is 7.93. The van der Waals surface area contributed by atoms with Gasteiger partial charge in [-0.2, -0.15) is 0 Å². The summed E-state index contributed by atoms with van der Waals surface area (Å²) in [6.45, 7) is 0. The number of hydrogen-bond donors (Lipinski definition) is 3. The maximum absolute atomic E-state index is 13.4. The number of fused-ring (bicyclic) bond motifs is 1. The van der Waals surface area contributed by atoms with Gasteiger partial charge in [-0.1, -0.05) is 64.6 Å². The molecule has 35 heavy (non-hydrogen) atoms. The fraction of sp³-hybridized carbons (Fsp3) is 0. The number of hydrogen-bond acceptors (Lipinski definition) is 5. The van der Waals surface area contributed by atoms with Gasteiger partial charge >= 0.3 is 0 Å². The number of phenolic OH excluding ortho intramolecular Hbond substituents is 1. The van der Waals surface area contributed by atoms with Gasteiger partial charge in [0, 0.05) is 5.39 Å². The van der Waals surface area contributed by atoms with Gasteiger partial charge in [0.1, 0.15) is 5.75 Å². The number of aromatic hydroxyl groups is 1. The van der Waals surface area contributed by atoms with Crippen molar-refractivity contribution in [3.8, 4) is 5.75 Å². The van der Waals surface area contributed by atoms with Crippen LogP contribution in [0.1, 0.15) is 0 Å². The van der Waals surface area contributed by atoms with E-state index in [1.165, 1.54) is 60.7 Å². The molecule has 13 heteroatoms. The number of nitrogens with one attached hydrogen (secondary N) is 2. The van der Waals surface area contributed by atoms with Crippen LogP contribution in [-0.4, -0.2) is 21.9 Å². The summed E-state index contributed by atoms with van der Waals surface area (Å²) in [7, 11) is -8.73. The fourth-order valence-electron chi connectivity index (χ4n) is 3.23. The van der Waals surface area contributed by atoms with Crippen LogP contribution in [-0.2, 0) is 20.0 Å². The third-order valence-corrected chi connectivity index (χ3v) is 9.25. The van der Waals surface area contributed by atoms with Crippen LogP contribution in [0.25, 0.3) is 10.8 Å². The Morgan fingerprint density at radius 3 is 1.77 bits per heavy atom. The van der Waals surface area contributed by atoms with Gasteiger partial charge in [-0.15, -0.1) is 0 Å². The van der Waals surface area contributed by atoms with Crippen LogP contribution in [0.3, 0.4) is 0 Å². The summed E-state index contributed by atoms with van der Waals surface area (Å²) in [6.07, 6.45) is 0. The normalized spacial score (nSPS) is 12.0. The van der Waals surface area contributed by atoms with Crippen LogP contribution in [0.5, 0.6) is 5.75 Å². The van der Waals surface area contributed by atoms with Crippen molar-refractivity contribution in [1.82, 2.24) is 0 Å². The fourth-order valence-corrected chi connectivity index (χ4v) is 6.56. The van der Waals surface area contributed by atoms with Crippen LogP contribution in [0.4, 0.5) is 11.4 Å². The van der Waals surface area contributed by atoms with E-state index in [9.17, 15) is 21.9 Å².